The second-order valence-electron chi connectivity index (χ2n) is 4.91. The summed E-state index contributed by atoms with van der Waals surface area (Å²) in [6.07, 6.45) is 2.11. The fourth-order valence-corrected chi connectivity index (χ4v) is 3.19. The molecule has 0 aliphatic heterocycles. The molecule has 19 heavy (non-hydrogen) atoms. The van der Waals surface area contributed by atoms with Crippen LogP contribution >= 0.6 is 15.9 Å². The largest absolute Gasteiger partial charge is 0.391 e. The van der Waals surface area contributed by atoms with Crippen LogP contribution in [0, 0.1) is 0 Å². The van der Waals surface area contributed by atoms with Crippen LogP contribution in [0.25, 0.3) is 11.3 Å². The number of rotatable bonds is 2. The molecule has 1 aromatic heterocycles. The van der Waals surface area contributed by atoms with Gasteiger partial charge in [0.2, 0.25) is 0 Å². The topological polar surface area (TPSA) is 58.0 Å². The molecular formula is C14H15BrN2O2. The van der Waals surface area contributed by atoms with E-state index in [1.165, 1.54) is 0 Å². The molecule has 100 valence electrons. The molecule has 1 aliphatic rings. The van der Waals surface area contributed by atoms with Crippen molar-refractivity contribution in [3.63, 3.8) is 0 Å². The number of aromatic amines is 1. The molecule has 1 heterocycles. The van der Waals surface area contributed by atoms with E-state index in [0.717, 1.165) is 30.5 Å². The van der Waals surface area contributed by atoms with E-state index in [9.17, 15) is 9.90 Å². The number of aliphatic hydroxyl groups excluding tert-OH is 1. The van der Waals surface area contributed by atoms with Gasteiger partial charge in [0.25, 0.3) is 5.56 Å². The second kappa shape index (κ2) is 4.98. The Morgan fingerprint density at radius 3 is 2.63 bits per heavy atom. The Morgan fingerprint density at radius 2 is 2.00 bits per heavy atom. The molecule has 5 heteroatoms. The van der Waals surface area contributed by atoms with Gasteiger partial charge in [0.1, 0.15) is 4.47 Å². The molecule has 1 saturated carbocycles. The molecule has 1 aliphatic carbocycles. The van der Waals surface area contributed by atoms with Crippen molar-refractivity contribution in [1.82, 2.24) is 9.78 Å². The Bertz CT molecular complexity index is 633. The average molecular weight is 323 g/mol. The van der Waals surface area contributed by atoms with E-state index in [4.69, 9.17) is 0 Å². The maximum Gasteiger partial charge on any atom is 0.281 e. The van der Waals surface area contributed by atoms with Gasteiger partial charge in [-0.15, -0.1) is 0 Å². The highest BCUT2D eigenvalue weighted by molar-refractivity contribution is 9.10. The third-order valence-corrected chi connectivity index (χ3v) is 4.43. The minimum absolute atomic E-state index is 0.107. The van der Waals surface area contributed by atoms with Crippen molar-refractivity contribution >= 4 is 15.9 Å². The van der Waals surface area contributed by atoms with Crippen molar-refractivity contribution in [2.45, 2.75) is 31.4 Å². The van der Waals surface area contributed by atoms with Gasteiger partial charge in [-0.05, 0) is 35.2 Å². The minimum Gasteiger partial charge on any atom is -0.391 e. The Morgan fingerprint density at radius 1 is 1.26 bits per heavy atom. The third-order valence-electron chi connectivity index (χ3n) is 3.70. The maximum absolute atomic E-state index is 12.3. The average Bonchev–Trinajstić information content (AvgIpc) is 2.97. The highest BCUT2D eigenvalue weighted by atomic mass is 79.9. The summed E-state index contributed by atoms with van der Waals surface area (Å²) in [6.45, 7) is 0. The summed E-state index contributed by atoms with van der Waals surface area (Å²) < 4.78 is 2.09. The van der Waals surface area contributed by atoms with Crippen molar-refractivity contribution in [2.24, 2.45) is 0 Å². The van der Waals surface area contributed by atoms with Gasteiger partial charge < -0.3 is 5.11 Å². The second-order valence-corrected chi connectivity index (χ2v) is 5.70. The van der Waals surface area contributed by atoms with Crippen molar-refractivity contribution in [3.05, 3.63) is 45.2 Å². The predicted octanol–water partition coefficient (Wildman–Crippen LogP) is 2.69. The molecule has 3 rings (SSSR count). The van der Waals surface area contributed by atoms with Gasteiger partial charge in [-0.1, -0.05) is 30.3 Å². The first-order valence-corrected chi connectivity index (χ1v) is 7.21. The lowest BCUT2D eigenvalue weighted by Gasteiger charge is -2.14. The Labute approximate surface area is 119 Å². The van der Waals surface area contributed by atoms with E-state index in [1.807, 2.05) is 30.3 Å². The van der Waals surface area contributed by atoms with Crippen LogP contribution in [0.15, 0.2) is 39.6 Å². The number of halogens is 1. The number of aromatic nitrogens is 2. The van der Waals surface area contributed by atoms with Crippen molar-refractivity contribution in [1.29, 1.82) is 0 Å². The fraction of sp³-hybridized carbons (Fsp3) is 0.357. The molecule has 0 bridgehead atoms. The SMILES string of the molecule is O=c1c(Br)c(-c2ccccc2)[nH]n1C1CCCC1O. The lowest BCUT2D eigenvalue weighted by atomic mass is 10.2. The lowest BCUT2D eigenvalue weighted by molar-refractivity contribution is 0.128. The molecule has 2 N–H and O–H groups in total. The Kier molecular flexibility index (Phi) is 3.33. The first-order valence-electron chi connectivity index (χ1n) is 6.42. The number of nitrogens with zero attached hydrogens (tertiary/aromatic N) is 1. The number of H-pyrrole nitrogens is 1. The predicted molar refractivity (Wildman–Crippen MR) is 77.1 cm³/mol. The van der Waals surface area contributed by atoms with E-state index in [2.05, 4.69) is 21.0 Å². The molecule has 1 aromatic carbocycles. The molecule has 2 atom stereocenters. The zero-order valence-corrected chi connectivity index (χ0v) is 11.9. The summed E-state index contributed by atoms with van der Waals surface area (Å²) in [5.41, 5.74) is 1.62. The van der Waals surface area contributed by atoms with Gasteiger partial charge in [-0.2, -0.15) is 0 Å². The van der Waals surface area contributed by atoms with E-state index < -0.39 is 6.10 Å². The fourth-order valence-electron chi connectivity index (χ4n) is 2.68. The van der Waals surface area contributed by atoms with Gasteiger partial charge in [0.05, 0.1) is 17.8 Å². The summed E-state index contributed by atoms with van der Waals surface area (Å²) in [5.74, 6) is 0. The minimum atomic E-state index is -0.438. The molecule has 2 aromatic rings. The van der Waals surface area contributed by atoms with Gasteiger partial charge in [-0.25, -0.2) is 4.68 Å². The van der Waals surface area contributed by atoms with Gasteiger partial charge >= 0.3 is 0 Å². The molecule has 0 spiro atoms. The smallest absolute Gasteiger partial charge is 0.281 e. The molecule has 1 fully saturated rings. The van der Waals surface area contributed by atoms with Crippen LogP contribution in [0.2, 0.25) is 0 Å². The van der Waals surface area contributed by atoms with Gasteiger partial charge in [0.15, 0.2) is 0 Å². The maximum atomic E-state index is 12.3. The quantitative estimate of drug-likeness (QED) is 0.893. The Balaban J connectivity index is 2.07. The summed E-state index contributed by atoms with van der Waals surface area (Å²) >= 11 is 3.36. The van der Waals surface area contributed by atoms with E-state index in [0.29, 0.717) is 4.47 Å². The van der Waals surface area contributed by atoms with Crippen LogP contribution in [-0.2, 0) is 0 Å². The van der Waals surface area contributed by atoms with Crippen LogP contribution in [0.4, 0.5) is 0 Å². The number of aliphatic hydroxyl groups is 1. The van der Waals surface area contributed by atoms with Crippen molar-refractivity contribution < 1.29 is 5.11 Å². The van der Waals surface area contributed by atoms with Crippen LogP contribution in [-0.4, -0.2) is 21.0 Å². The van der Waals surface area contributed by atoms with Crippen molar-refractivity contribution in [2.75, 3.05) is 0 Å². The molecule has 0 amide bonds. The van der Waals surface area contributed by atoms with Crippen LogP contribution in [0.5, 0.6) is 0 Å². The molecule has 0 radical (unpaired) electrons. The molecular weight excluding hydrogens is 308 g/mol. The van der Waals surface area contributed by atoms with Crippen LogP contribution in [0.1, 0.15) is 25.3 Å². The number of benzene rings is 1. The van der Waals surface area contributed by atoms with E-state index >= 15 is 0 Å². The monoisotopic (exact) mass is 322 g/mol. The number of nitrogens with one attached hydrogen (secondary N) is 1. The summed E-state index contributed by atoms with van der Waals surface area (Å²) in [4.78, 5) is 12.3. The first-order chi connectivity index (χ1) is 9.18. The number of hydrogen-bond acceptors (Lipinski definition) is 2. The Hall–Kier alpha value is -1.33. The third kappa shape index (κ3) is 2.17. The summed E-state index contributed by atoms with van der Waals surface area (Å²) in [7, 11) is 0. The first kappa shape index (κ1) is 12.7. The molecule has 0 saturated heterocycles. The normalized spacial score (nSPS) is 22.8. The van der Waals surface area contributed by atoms with E-state index in [1.54, 1.807) is 4.68 Å². The lowest BCUT2D eigenvalue weighted by Crippen LogP contribution is -2.27. The standard InChI is InChI=1S/C14H15BrN2O2/c15-12-13(9-5-2-1-3-6-9)16-17(14(12)19)10-7-4-8-11(10)18/h1-3,5-6,10-11,16,18H,4,7-8H2. The van der Waals surface area contributed by atoms with Crippen molar-refractivity contribution in [3.8, 4) is 11.3 Å². The van der Waals surface area contributed by atoms with Gasteiger partial charge in [-0.3, -0.25) is 9.89 Å². The zero-order chi connectivity index (χ0) is 13.4. The molecule has 2 unspecified atom stereocenters. The summed E-state index contributed by atoms with van der Waals surface area (Å²) in [6, 6.07) is 9.56. The zero-order valence-electron chi connectivity index (χ0n) is 10.3. The summed E-state index contributed by atoms with van der Waals surface area (Å²) in [5, 5.41) is 13.1. The molecule has 4 nitrogen and oxygen atoms in total. The van der Waals surface area contributed by atoms with E-state index in [-0.39, 0.29) is 11.6 Å². The highest BCUT2D eigenvalue weighted by Crippen LogP contribution is 2.31. The van der Waals surface area contributed by atoms with Crippen LogP contribution < -0.4 is 5.56 Å². The van der Waals surface area contributed by atoms with Crippen LogP contribution in [0.3, 0.4) is 0 Å². The van der Waals surface area contributed by atoms with Gasteiger partial charge in [0, 0.05) is 5.56 Å². The number of hydrogen-bond donors (Lipinski definition) is 2. The highest BCUT2D eigenvalue weighted by Gasteiger charge is 2.29.